The number of aryl methyl sites for hydroxylation is 1. The van der Waals surface area contributed by atoms with E-state index >= 15 is 0 Å². The first-order valence-corrected chi connectivity index (χ1v) is 15.1. The van der Waals surface area contributed by atoms with Crippen LogP contribution in [0.25, 0.3) is 5.69 Å². The van der Waals surface area contributed by atoms with Gasteiger partial charge < -0.3 is 19.5 Å². The molecule has 2 amide bonds. The van der Waals surface area contributed by atoms with Gasteiger partial charge >= 0.3 is 0 Å². The summed E-state index contributed by atoms with van der Waals surface area (Å²) < 4.78 is 18.8. The number of benzene rings is 2. The first-order valence-electron chi connectivity index (χ1n) is 14.1. The highest BCUT2D eigenvalue weighted by atomic mass is 32.2. The molecule has 3 aliphatic rings. The topological polar surface area (TPSA) is 94.9 Å². The van der Waals surface area contributed by atoms with E-state index < -0.39 is 0 Å². The molecule has 1 N–H and O–H groups in total. The molecule has 1 saturated heterocycles. The third-order valence-electron chi connectivity index (χ3n) is 7.70. The Morgan fingerprint density at radius 1 is 1.15 bits per heavy atom. The van der Waals surface area contributed by atoms with E-state index in [1.165, 1.54) is 0 Å². The normalized spacial score (nSPS) is 20.2. The van der Waals surface area contributed by atoms with Crippen LogP contribution in [0.15, 0.2) is 42.5 Å². The van der Waals surface area contributed by atoms with Crippen LogP contribution in [0.2, 0.25) is 0 Å². The molecule has 216 valence electrons. The molecule has 4 heterocycles. The van der Waals surface area contributed by atoms with Crippen molar-refractivity contribution in [3.63, 3.8) is 0 Å². The average Bonchev–Trinajstić information content (AvgIpc) is 3.69. The Bertz CT molecular complexity index is 1470. The fourth-order valence-electron chi connectivity index (χ4n) is 5.61. The number of aromatic nitrogens is 2. The van der Waals surface area contributed by atoms with E-state index in [2.05, 4.69) is 26.1 Å². The summed E-state index contributed by atoms with van der Waals surface area (Å²) >= 11 is 1.55. The number of rotatable bonds is 6. The van der Waals surface area contributed by atoms with Gasteiger partial charge in [0.05, 0.1) is 28.5 Å². The van der Waals surface area contributed by atoms with Crippen molar-refractivity contribution in [1.82, 2.24) is 15.1 Å². The van der Waals surface area contributed by atoms with Gasteiger partial charge in [-0.1, -0.05) is 45.0 Å². The highest BCUT2D eigenvalue weighted by molar-refractivity contribution is 8.00. The summed E-state index contributed by atoms with van der Waals surface area (Å²) in [4.78, 5) is 28.8. The summed E-state index contributed by atoms with van der Waals surface area (Å²) in [5, 5.41) is 7.97. The van der Waals surface area contributed by atoms with E-state index in [0.29, 0.717) is 23.9 Å². The molecule has 2 aromatic carbocycles. The van der Waals surface area contributed by atoms with E-state index in [-0.39, 0.29) is 47.7 Å². The number of amides is 2. The number of ether oxygens (including phenoxy) is 3. The number of carbonyl (C=O) groups is 2. The van der Waals surface area contributed by atoms with Crippen molar-refractivity contribution in [2.75, 3.05) is 37.1 Å². The molecule has 0 saturated carbocycles. The molecule has 41 heavy (non-hydrogen) atoms. The second-order valence-electron chi connectivity index (χ2n) is 11.8. The Hall–Kier alpha value is -3.50. The molecule has 3 aromatic rings. The predicted octanol–water partition coefficient (Wildman–Crippen LogP) is 4.67. The Labute approximate surface area is 244 Å². The van der Waals surface area contributed by atoms with Crippen molar-refractivity contribution in [3.05, 3.63) is 64.8 Å². The summed E-state index contributed by atoms with van der Waals surface area (Å²) in [6.07, 6.45) is 1.94. The standard InChI is InChI=1S/C31H36N4O5S/c1-19-8-5-6-10-22(19)35-30-27(29(33-35)31(2,3)4)28(20-11-12-23-24(14-20)40-18-39-23)41-17-26(37)34(30)16-25(36)32-15-21-9-7-13-38-21/h5-6,8,10-12,14,21,28H,7,9,13,15-18H2,1-4H3,(H,32,36)/t21-,28+/m0/s1. The maximum absolute atomic E-state index is 13.9. The lowest BCUT2D eigenvalue weighted by Crippen LogP contribution is -2.44. The SMILES string of the molecule is Cc1ccccc1-n1nc(C(C)(C)C)c2c1N(CC(=O)NC[C@@H]1CCCO1)C(=O)CS[C@@H]2c1ccc2c(c1)OCO2. The van der Waals surface area contributed by atoms with Crippen molar-refractivity contribution in [1.29, 1.82) is 0 Å². The van der Waals surface area contributed by atoms with Crippen molar-refractivity contribution >= 4 is 29.4 Å². The molecule has 3 aliphatic heterocycles. The minimum atomic E-state index is -0.339. The van der Waals surface area contributed by atoms with Crippen LogP contribution in [0.5, 0.6) is 11.5 Å². The number of nitrogens with one attached hydrogen (secondary N) is 1. The van der Waals surface area contributed by atoms with Gasteiger partial charge in [0.15, 0.2) is 11.5 Å². The van der Waals surface area contributed by atoms with Gasteiger partial charge in [-0.15, -0.1) is 11.8 Å². The molecule has 2 atom stereocenters. The number of carbonyl (C=O) groups excluding carboxylic acids is 2. The molecule has 0 aliphatic carbocycles. The lowest BCUT2D eigenvalue weighted by Gasteiger charge is -2.25. The van der Waals surface area contributed by atoms with Crippen LogP contribution in [0, 0.1) is 6.92 Å². The lowest BCUT2D eigenvalue weighted by molar-refractivity contribution is -0.123. The number of fused-ring (bicyclic) bond motifs is 2. The molecular weight excluding hydrogens is 540 g/mol. The van der Waals surface area contributed by atoms with Crippen LogP contribution >= 0.6 is 11.8 Å². The highest BCUT2D eigenvalue weighted by Gasteiger charge is 2.40. The van der Waals surface area contributed by atoms with Gasteiger partial charge in [0.25, 0.3) is 0 Å². The fraction of sp³-hybridized carbons (Fsp3) is 0.452. The summed E-state index contributed by atoms with van der Waals surface area (Å²) in [7, 11) is 0. The number of hydrogen-bond acceptors (Lipinski definition) is 7. The second kappa shape index (κ2) is 11.1. The molecule has 0 spiro atoms. The van der Waals surface area contributed by atoms with E-state index in [1.807, 2.05) is 54.1 Å². The number of anilines is 1. The van der Waals surface area contributed by atoms with Gasteiger partial charge in [0.2, 0.25) is 18.6 Å². The molecular formula is C31H36N4O5S. The van der Waals surface area contributed by atoms with Crippen molar-refractivity contribution in [2.24, 2.45) is 0 Å². The summed E-state index contributed by atoms with van der Waals surface area (Å²) in [6.45, 7) is 9.66. The zero-order valence-corrected chi connectivity index (χ0v) is 24.8. The Kier molecular flexibility index (Phi) is 7.46. The van der Waals surface area contributed by atoms with Gasteiger partial charge in [-0.05, 0) is 49.1 Å². The quantitative estimate of drug-likeness (QED) is 0.456. The molecule has 6 rings (SSSR count). The minimum absolute atomic E-state index is 0.0188. The maximum Gasteiger partial charge on any atom is 0.240 e. The number of hydrogen-bond donors (Lipinski definition) is 1. The van der Waals surface area contributed by atoms with E-state index in [0.717, 1.165) is 47.5 Å². The van der Waals surface area contributed by atoms with Gasteiger partial charge in [-0.3, -0.25) is 14.5 Å². The molecule has 1 fully saturated rings. The van der Waals surface area contributed by atoms with Crippen molar-refractivity contribution < 1.29 is 23.8 Å². The molecule has 0 bridgehead atoms. The van der Waals surface area contributed by atoms with Crippen molar-refractivity contribution in [3.8, 4) is 17.2 Å². The largest absolute Gasteiger partial charge is 0.454 e. The van der Waals surface area contributed by atoms with E-state index in [4.69, 9.17) is 19.3 Å². The first-order chi connectivity index (χ1) is 19.7. The Balaban J connectivity index is 1.49. The molecule has 1 aromatic heterocycles. The van der Waals surface area contributed by atoms with Gasteiger partial charge in [0.1, 0.15) is 12.4 Å². The Morgan fingerprint density at radius 3 is 2.71 bits per heavy atom. The zero-order valence-electron chi connectivity index (χ0n) is 23.9. The molecule has 9 nitrogen and oxygen atoms in total. The minimum Gasteiger partial charge on any atom is -0.454 e. The average molecular weight is 577 g/mol. The number of nitrogens with zero attached hydrogens (tertiary/aromatic N) is 3. The smallest absolute Gasteiger partial charge is 0.240 e. The first kappa shape index (κ1) is 27.7. The summed E-state index contributed by atoms with van der Waals surface area (Å²) in [5.74, 6) is 1.88. The van der Waals surface area contributed by atoms with Crippen LogP contribution in [-0.4, -0.2) is 59.9 Å². The lowest BCUT2D eigenvalue weighted by atomic mass is 9.87. The summed E-state index contributed by atoms with van der Waals surface area (Å²) in [6, 6.07) is 13.9. The molecule has 0 unspecified atom stereocenters. The number of thioether (sulfide) groups is 1. The summed E-state index contributed by atoms with van der Waals surface area (Å²) in [5.41, 5.74) is 4.35. The Morgan fingerprint density at radius 2 is 1.95 bits per heavy atom. The van der Waals surface area contributed by atoms with Crippen LogP contribution in [0.4, 0.5) is 5.82 Å². The fourth-order valence-corrected chi connectivity index (χ4v) is 6.80. The van der Waals surface area contributed by atoms with Crippen LogP contribution < -0.4 is 19.7 Å². The van der Waals surface area contributed by atoms with Crippen LogP contribution in [0.3, 0.4) is 0 Å². The van der Waals surface area contributed by atoms with Gasteiger partial charge in [0, 0.05) is 24.1 Å². The monoisotopic (exact) mass is 576 g/mol. The maximum atomic E-state index is 13.9. The van der Waals surface area contributed by atoms with E-state index in [1.54, 1.807) is 16.7 Å². The number of para-hydroxylation sites is 1. The van der Waals surface area contributed by atoms with Gasteiger partial charge in [-0.25, -0.2) is 4.68 Å². The third-order valence-corrected chi connectivity index (χ3v) is 8.95. The highest BCUT2D eigenvalue weighted by Crippen LogP contribution is 2.50. The van der Waals surface area contributed by atoms with Crippen molar-refractivity contribution in [2.45, 2.75) is 57.3 Å². The second-order valence-corrected chi connectivity index (χ2v) is 12.9. The van der Waals surface area contributed by atoms with Gasteiger partial charge in [-0.2, -0.15) is 5.10 Å². The van der Waals surface area contributed by atoms with E-state index in [9.17, 15) is 9.59 Å². The molecule has 0 radical (unpaired) electrons. The van der Waals surface area contributed by atoms with Crippen LogP contribution in [-0.2, 0) is 19.7 Å². The zero-order chi connectivity index (χ0) is 28.7. The molecule has 10 heteroatoms. The van der Waals surface area contributed by atoms with Crippen LogP contribution in [0.1, 0.15) is 61.2 Å². The predicted molar refractivity (Wildman–Crippen MR) is 158 cm³/mol. The third kappa shape index (κ3) is 5.42.